The maximum atomic E-state index is 12.5. The van der Waals surface area contributed by atoms with Gasteiger partial charge in [0.25, 0.3) is 12.0 Å². The van der Waals surface area contributed by atoms with E-state index in [-0.39, 0.29) is 24.6 Å². The number of nitrogens with one attached hydrogen (secondary N) is 1. The number of aromatic nitrogens is 1. The van der Waals surface area contributed by atoms with E-state index in [2.05, 4.69) is 4.98 Å². The van der Waals surface area contributed by atoms with Gasteiger partial charge in [0.05, 0.1) is 18.6 Å². The monoisotopic (exact) mass is 279 g/mol. The van der Waals surface area contributed by atoms with E-state index in [4.69, 9.17) is 16.3 Å². The van der Waals surface area contributed by atoms with Crippen molar-refractivity contribution in [2.45, 2.75) is 25.7 Å². The van der Waals surface area contributed by atoms with Crippen molar-refractivity contribution in [2.75, 3.05) is 6.61 Å². The summed E-state index contributed by atoms with van der Waals surface area (Å²) in [6, 6.07) is 1.02. The Bertz CT molecular complexity index is 488. The Kier molecular flexibility index (Phi) is 5.27. The maximum absolute atomic E-state index is 12.5. The topological polar surface area (TPSA) is 59.2 Å². The van der Waals surface area contributed by atoms with E-state index in [0.717, 1.165) is 6.07 Å². The van der Waals surface area contributed by atoms with Crippen LogP contribution in [0.5, 0.6) is 0 Å². The van der Waals surface area contributed by atoms with Crippen LogP contribution in [-0.4, -0.2) is 17.6 Å². The lowest BCUT2D eigenvalue weighted by Crippen LogP contribution is -2.19. The standard InChI is InChI=1S/C11H12ClF2NO3/c1-2-18-9(16)4-8-6(5-12)3-7(10(13)14)11(17)15-8/h3,10H,2,4-5H2,1H3,(H,15,17). The van der Waals surface area contributed by atoms with Crippen LogP contribution in [0.2, 0.25) is 0 Å². The molecule has 1 aromatic heterocycles. The Morgan fingerprint density at radius 1 is 1.56 bits per heavy atom. The zero-order valence-electron chi connectivity index (χ0n) is 9.63. The van der Waals surface area contributed by atoms with Crippen molar-refractivity contribution >= 4 is 17.6 Å². The van der Waals surface area contributed by atoms with Gasteiger partial charge in [-0.05, 0) is 18.6 Å². The van der Waals surface area contributed by atoms with E-state index in [0.29, 0.717) is 5.56 Å². The zero-order chi connectivity index (χ0) is 13.7. The molecule has 0 unspecified atom stereocenters. The summed E-state index contributed by atoms with van der Waals surface area (Å²) in [5, 5.41) is 0. The highest BCUT2D eigenvalue weighted by molar-refractivity contribution is 6.17. The molecule has 1 heterocycles. The van der Waals surface area contributed by atoms with Crippen molar-refractivity contribution in [3.8, 4) is 0 Å². The molecule has 0 fully saturated rings. The Morgan fingerprint density at radius 2 is 2.22 bits per heavy atom. The van der Waals surface area contributed by atoms with Gasteiger partial charge in [-0.25, -0.2) is 8.78 Å². The van der Waals surface area contributed by atoms with Crippen molar-refractivity contribution in [1.29, 1.82) is 0 Å². The highest BCUT2D eigenvalue weighted by Crippen LogP contribution is 2.18. The van der Waals surface area contributed by atoms with Gasteiger partial charge >= 0.3 is 5.97 Å². The Labute approximate surface area is 107 Å². The molecule has 0 aliphatic carbocycles. The minimum Gasteiger partial charge on any atom is -0.466 e. The van der Waals surface area contributed by atoms with Crippen molar-refractivity contribution in [3.05, 3.63) is 33.2 Å². The van der Waals surface area contributed by atoms with E-state index in [1.54, 1.807) is 6.92 Å². The molecule has 1 N–H and O–H groups in total. The van der Waals surface area contributed by atoms with Gasteiger partial charge in [-0.3, -0.25) is 9.59 Å². The number of aromatic amines is 1. The fourth-order valence-corrected chi connectivity index (χ4v) is 1.66. The van der Waals surface area contributed by atoms with Gasteiger partial charge in [0.15, 0.2) is 0 Å². The summed E-state index contributed by atoms with van der Waals surface area (Å²) in [6.45, 7) is 1.84. The number of ether oxygens (including phenoxy) is 1. The van der Waals surface area contributed by atoms with Crippen LogP contribution in [0.25, 0.3) is 0 Å². The quantitative estimate of drug-likeness (QED) is 0.664. The third kappa shape index (κ3) is 3.53. The van der Waals surface area contributed by atoms with Gasteiger partial charge in [-0.1, -0.05) is 0 Å². The second kappa shape index (κ2) is 6.49. The fraction of sp³-hybridized carbons (Fsp3) is 0.455. The first-order chi connectivity index (χ1) is 8.49. The van der Waals surface area contributed by atoms with Crippen LogP contribution >= 0.6 is 11.6 Å². The molecule has 0 aliphatic rings. The summed E-state index contributed by atoms with van der Waals surface area (Å²) in [5.74, 6) is -0.630. The van der Waals surface area contributed by atoms with E-state index < -0.39 is 23.5 Å². The van der Waals surface area contributed by atoms with Gasteiger partial charge in [0.1, 0.15) is 0 Å². The minimum absolute atomic E-state index is 0.0781. The van der Waals surface area contributed by atoms with Crippen LogP contribution in [0.15, 0.2) is 10.9 Å². The predicted octanol–water partition coefficient (Wildman–Crippen LogP) is 2.16. The first kappa shape index (κ1) is 14.6. The summed E-state index contributed by atoms with van der Waals surface area (Å²) in [4.78, 5) is 24.9. The number of carbonyl (C=O) groups excluding carboxylic acids is 1. The van der Waals surface area contributed by atoms with Crippen LogP contribution in [0.4, 0.5) is 8.78 Å². The number of hydrogen-bond acceptors (Lipinski definition) is 3. The molecule has 7 heteroatoms. The summed E-state index contributed by atoms with van der Waals surface area (Å²) in [5.41, 5.74) is -1.08. The van der Waals surface area contributed by atoms with Crippen molar-refractivity contribution in [1.82, 2.24) is 4.98 Å². The average Bonchev–Trinajstić information content (AvgIpc) is 2.29. The molecular formula is C11H12ClF2NO3. The molecule has 0 saturated carbocycles. The van der Waals surface area contributed by atoms with Gasteiger partial charge in [0.2, 0.25) is 0 Å². The maximum Gasteiger partial charge on any atom is 0.311 e. The van der Waals surface area contributed by atoms with Crippen LogP contribution in [0.3, 0.4) is 0 Å². The van der Waals surface area contributed by atoms with Crippen molar-refractivity contribution < 1.29 is 18.3 Å². The van der Waals surface area contributed by atoms with E-state index in [1.165, 1.54) is 0 Å². The number of alkyl halides is 3. The largest absolute Gasteiger partial charge is 0.466 e. The molecule has 18 heavy (non-hydrogen) atoms. The van der Waals surface area contributed by atoms with Crippen LogP contribution in [-0.2, 0) is 21.8 Å². The molecule has 1 rings (SSSR count). The average molecular weight is 280 g/mol. The number of hydrogen-bond donors (Lipinski definition) is 1. The molecule has 0 aromatic carbocycles. The summed E-state index contributed by atoms with van der Waals surface area (Å²) >= 11 is 5.60. The summed E-state index contributed by atoms with van der Waals surface area (Å²) < 4.78 is 29.7. The molecule has 0 aliphatic heterocycles. The molecule has 0 amide bonds. The lowest BCUT2D eigenvalue weighted by Gasteiger charge is -2.08. The lowest BCUT2D eigenvalue weighted by molar-refractivity contribution is -0.142. The zero-order valence-corrected chi connectivity index (χ0v) is 10.4. The third-order valence-corrected chi connectivity index (χ3v) is 2.54. The molecule has 0 bridgehead atoms. The normalized spacial score (nSPS) is 10.7. The fourth-order valence-electron chi connectivity index (χ4n) is 1.43. The minimum atomic E-state index is -2.88. The lowest BCUT2D eigenvalue weighted by atomic mass is 10.1. The molecule has 4 nitrogen and oxygen atoms in total. The van der Waals surface area contributed by atoms with Crippen LogP contribution < -0.4 is 5.56 Å². The number of carbonyl (C=O) groups is 1. The molecule has 0 radical (unpaired) electrons. The number of rotatable bonds is 5. The van der Waals surface area contributed by atoms with E-state index in [9.17, 15) is 18.4 Å². The number of pyridine rings is 1. The molecule has 1 aromatic rings. The Hall–Kier alpha value is -1.43. The predicted molar refractivity (Wildman–Crippen MR) is 61.9 cm³/mol. The molecular weight excluding hydrogens is 268 g/mol. The van der Waals surface area contributed by atoms with Gasteiger partial charge in [0, 0.05) is 11.6 Å². The number of halogens is 3. The number of esters is 1. The molecule has 0 saturated heterocycles. The second-order valence-corrected chi connectivity index (χ2v) is 3.74. The van der Waals surface area contributed by atoms with E-state index >= 15 is 0 Å². The SMILES string of the molecule is CCOC(=O)Cc1[nH]c(=O)c(C(F)F)cc1CCl. The first-order valence-electron chi connectivity index (χ1n) is 5.24. The second-order valence-electron chi connectivity index (χ2n) is 3.47. The van der Waals surface area contributed by atoms with Crippen LogP contribution in [0.1, 0.15) is 30.2 Å². The Morgan fingerprint density at radius 3 is 2.72 bits per heavy atom. The van der Waals surface area contributed by atoms with Crippen LogP contribution in [0, 0.1) is 0 Å². The molecule has 100 valence electrons. The summed E-state index contributed by atoms with van der Waals surface area (Å²) in [7, 11) is 0. The van der Waals surface area contributed by atoms with Gasteiger partial charge in [-0.15, -0.1) is 11.6 Å². The number of H-pyrrole nitrogens is 1. The first-order valence-corrected chi connectivity index (χ1v) is 5.77. The Balaban J connectivity index is 3.09. The van der Waals surface area contributed by atoms with E-state index in [1.807, 2.05) is 0 Å². The van der Waals surface area contributed by atoms with Crippen molar-refractivity contribution in [2.24, 2.45) is 0 Å². The highest BCUT2D eigenvalue weighted by atomic mass is 35.5. The van der Waals surface area contributed by atoms with Gasteiger partial charge < -0.3 is 9.72 Å². The summed E-state index contributed by atoms with van der Waals surface area (Å²) in [6.07, 6.45) is -3.08. The van der Waals surface area contributed by atoms with Crippen molar-refractivity contribution in [3.63, 3.8) is 0 Å². The third-order valence-electron chi connectivity index (χ3n) is 2.25. The molecule has 0 spiro atoms. The van der Waals surface area contributed by atoms with Gasteiger partial charge in [-0.2, -0.15) is 0 Å². The highest BCUT2D eigenvalue weighted by Gasteiger charge is 2.17. The molecule has 0 atom stereocenters. The smallest absolute Gasteiger partial charge is 0.311 e.